The van der Waals surface area contributed by atoms with Crippen molar-refractivity contribution in [2.24, 2.45) is 0 Å². The van der Waals surface area contributed by atoms with Crippen LogP contribution in [-0.2, 0) is 12.6 Å². The number of hydrogen-bond donors (Lipinski definition) is 0. The molecule has 0 bridgehead atoms. The first-order valence-corrected chi connectivity index (χ1v) is 2.52. The van der Waals surface area contributed by atoms with E-state index in [2.05, 4.69) is 0 Å². The maximum atomic E-state index is 4.81. The molecule has 0 N–H and O–H groups in total. The van der Waals surface area contributed by atoms with Crippen LogP contribution in [0.5, 0.6) is 0 Å². The van der Waals surface area contributed by atoms with Crippen molar-refractivity contribution >= 4 is 30.0 Å². The number of hydrogen-bond acceptors (Lipinski definition) is 1. The van der Waals surface area contributed by atoms with Crippen LogP contribution in [0.25, 0.3) is 0 Å². The van der Waals surface area contributed by atoms with E-state index in [1.165, 1.54) is 0 Å². The number of rotatable bonds is 0. The summed E-state index contributed by atoms with van der Waals surface area (Å²) < 4.78 is 0. The van der Waals surface area contributed by atoms with Crippen molar-refractivity contribution in [3.63, 3.8) is 0 Å². The Kier molecular flexibility index (Phi) is 43.1. The fourth-order valence-corrected chi connectivity index (χ4v) is 0.578. The summed E-state index contributed by atoms with van der Waals surface area (Å²) >= 11 is 4.81. The maximum absolute atomic E-state index is 4.81. The molecule has 0 saturated carbocycles. The zero-order chi connectivity index (χ0) is 5.11. The quantitative estimate of drug-likeness (QED) is 0.302. The van der Waals surface area contributed by atoms with Gasteiger partial charge in [-0.1, -0.05) is 30.3 Å². The van der Waals surface area contributed by atoms with E-state index >= 15 is 0 Å². The first-order chi connectivity index (χ1) is 3.39. The Morgan fingerprint density at radius 2 is 1.17 bits per heavy atom. The summed E-state index contributed by atoms with van der Waals surface area (Å²) in [6.07, 6.45) is 0. The van der Waals surface area contributed by atoms with Gasteiger partial charge in [-0.15, -0.1) is 0 Å². The van der Waals surface area contributed by atoms with E-state index < -0.39 is 0 Å². The Morgan fingerprint density at radius 3 is 1.33 bits per heavy atom. The Morgan fingerprint density at radius 1 is 0.833 bits per heavy atom. The molecule has 0 nitrogen and oxygen atoms in total. The Balaban J connectivity index is -0.0000000327. The molecule has 0 aliphatic heterocycles. The minimum Gasteiger partial charge on any atom is -0.780 e. The molecule has 0 aliphatic rings. The Bertz CT molecular complexity index is 144. The third-order valence-electron chi connectivity index (χ3n) is 0.743. The largest absolute Gasteiger partial charge is 3.00 e. The summed E-state index contributed by atoms with van der Waals surface area (Å²) in [6, 6.07) is 9.62. The third-order valence-corrected chi connectivity index (χ3v) is 1.02. The first kappa shape index (κ1) is 29.4. The molecule has 0 amide bonds. The van der Waals surface area contributed by atoms with Crippen LogP contribution >= 0.6 is 0 Å². The van der Waals surface area contributed by atoms with E-state index in [1.807, 2.05) is 30.3 Å². The molecule has 0 radical (unpaired) electrons. The summed E-state index contributed by atoms with van der Waals surface area (Å²) in [6.45, 7) is 0. The molecule has 0 aliphatic carbocycles. The minimum atomic E-state index is 0. The normalized spacial score (nSPS) is 5.00. The second-order valence-corrected chi connectivity index (χ2v) is 1.78. The van der Waals surface area contributed by atoms with Crippen molar-refractivity contribution in [1.82, 2.24) is 0 Å². The molecular formula is C9H14AlLiS. The van der Waals surface area contributed by atoms with Gasteiger partial charge in [-0.2, -0.15) is 4.90 Å². The molecule has 0 atom stereocenters. The van der Waals surface area contributed by atoms with Gasteiger partial charge >= 0.3 is 36.2 Å². The summed E-state index contributed by atoms with van der Waals surface area (Å²) in [5.74, 6) is 0. The predicted molar refractivity (Wildman–Crippen MR) is 57.1 cm³/mol. The molecule has 0 aromatic heterocycles. The smallest absolute Gasteiger partial charge is 0.780 e. The molecule has 0 heterocycles. The van der Waals surface area contributed by atoms with Crippen LogP contribution in [0.3, 0.4) is 0 Å². The minimum absolute atomic E-state index is 0. The summed E-state index contributed by atoms with van der Waals surface area (Å²) in [4.78, 5) is 0.905. The fraction of sp³-hybridized carbons (Fsp3) is 0. The average Bonchev–Trinajstić information content (AvgIpc) is 1.69. The van der Waals surface area contributed by atoms with Crippen molar-refractivity contribution in [2.75, 3.05) is 0 Å². The molecule has 1 rings (SSSR count). The van der Waals surface area contributed by atoms with Gasteiger partial charge in [-0.3, -0.25) is 0 Å². The van der Waals surface area contributed by atoms with Crippen LogP contribution in [0.15, 0.2) is 35.2 Å². The van der Waals surface area contributed by atoms with Gasteiger partial charge in [0.25, 0.3) is 0 Å². The average molecular weight is 188 g/mol. The van der Waals surface area contributed by atoms with Gasteiger partial charge in [0, 0.05) is 0 Å². The standard InChI is InChI=1S/C6H6S.3CH3.Al.Li/c7-6-4-2-1-3-5-6;;;;;/h1-5,7H;3*1H3;;/q;3*-1;+3;+1/p-1. The predicted octanol–water partition coefficient (Wildman–Crippen LogP) is -0.434. The molecule has 0 saturated heterocycles. The number of benzene rings is 1. The SMILES string of the molecule is [Al+3].[CH3-].[CH3-].[CH3-].[Li+].[S-]c1ccccc1. The molecule has 60 valence electrons. The van der Waals surface area contributed by atoms with Crippen LogP contribution in [0, 0.1) is 22.3 Å². The van der Waals surface area contributed by atoms with Crippen LogP contribution in [0.4, 0.5) is 0 Å². The Hall–Kier alpha value is 0.570. The molecule has 0 unspecified atom stereocenters. The second kappa shape index (κ2) is 17.6. The molecular weight excluding hydrogens is 174 g/mol. The van der Waals surface area contributed by atoms with Gasteiger partial charge < -0.3 is 34.9 Å². The second-order valence-electron chi connectivity index (χ2n) is 1.31. The van der Waals surface area contributed by atoms with Gasteiger partial charge in [0.1, 0.15) is 0 Å². The maximum Gasteiger partial charge on any atom is 3.00 e. The van der Waals surface area contributed by atoms with Gasteiger partial charge in [-0.05, 0) is 0 Å². The van der Waals surface area contributed by atoms with Crippen LogP contribution in [0.2, 0.25) is 0 Å². The molecule has 1 aromatic carbocycles. The van der Waals surface area contributed by atoms with E-state index in [4.69, 9.17) is 12.6 Å². The van der Waals surface area contributed by atoms with Gasteiger partial charge in [0.2, 0.25) is 0 Å². The van der Waals surface area contributed by atoms with E-state index in [1.54, 1.807) is 0 Å². The van der Waals surface area contributed by atoms with Crippen molar-refractivity contribution in [2.45, 2.75) is 4.90 Å². The summed E-state index contributed by atoms with van der Waals surface area (Å²) in [7, 11) is 0. The van der Waals surface area contributed by atoms with E-state index in [-0.39, 0.29) is 58.5 Å². The zero-order valence-electron chi connectivity index (χ0n) is 8.37. The first-order valence-electron chi connectivity index (χ1n) is 2.11. The van der Waals surface area contributed by atoms with Gasteiger partial charge in [0.05, 0.1) is 0 Å². The van der Waals surface area contributed by atoms with Crippen molar-refractivity contribution in [3.05, 3.63) is 52.6 Å². The zero-order valence-corrected chi connectivity index (χ0v) is 10.3. The van der Waals surface area contributed by atoms with Crippen molar-refractivity contribution in [1.29, 1.82) is 0 Å². The van der Waals surface area contributed by atoms with Crippen molar-refractivity contribution < 1.29 is 18.9 Å². The molecule has 1 aromatic rings. The molecule has 0 spiro atoms. The van der Waals surface area contributed by atoms with E-state index in [0.717, 1.165) is 4.90 Å². The molecule has 3 heteroatoms. The topological polar surface area (TPSA) is 0 Å². The van der Waals surface area contributed by atoms with Gasteiger partial charge in [0.15, 0.2) is 0 Å². The van der Waals surface area contributed by atoms with Crippen LogP contribution in [-0.4, -0.2) is 17.4 Å². The third kappa shape index (κ3) is 13.2. The summed E-state index contributed by atoms with van der Waals surface area (Å²) in [5.41, 5.74) is 0. The summed E-state index contributed by atoms with van der Waals surface area (Å²) in [5, 5.41) is 0. The fourth-order valence-electron chi connectivity index (χ4n) is 0.420. The monoisotopic (exact) mass is 188 g/mol. The van der Waals surface area contributed by atoms with E-state index in [0.29, 0.717) is 0 Å². The van der Waals surface area contributed by atoms with Crippen molar-refractivity contribution in [3.8, 4) is 0 Å². The molecule has 0 fully saturated rings. The van der Waals surface area contributed by atoms with Gasteiger partial charge in [-0.25, -0.2) is 0 Å². The Labute approximate surface area is 106 Å². The molecule has 12 heavy (non-hydrogen) atoms. The van der Waals surface area contributed by atoms with Crippen LogP contribution in [0.1, 0.15) is 0 Å². The van der Waals surface area contributed by atoms with E-state index in [9.17, 15) is 0 Å². The van der Waals surface area contributed by atoms with Crippen LogP contribution < -0.4 is 18.9 Å².